The van der Waals surface area contributed by atoms with E-state index in [1.54, 1.807) is 7.05 Å². The van der Waals surface area contributed by atoms with Crippen molar-refractivity contribution in [1.82, 2.24) is 5.32 Å². The number of hydrogen-bond donors (Lipinski definition) is 1. The molecule has 0 unspecified atom stereocenters. The first-order chi connectivity index (χ1) is 15.5. The Morgan fingerprint density at radius 3 is 2.38 bits per heavy atom. The summed E-state index contributed by atoms with van der Waals surface area (Å²) in [6, 6.07) is 2.94. The molecule has 0 atom stereocenters. The van der Waals surface area contributed by atoms with E-state index in [0.29, 0.717) is 13.0 Å². The van der Waals surface area contributed by atoms with E-state index in [1.807, 2.05) is 0 Å². The Hall–Kier alpha value is -1.96. The third-order valence-electron chi connectivity index (χ3n) is 7.25. The molecule has 2 aliphatic carbocycles. The fourth-order valence-electron chi connectivity index (χ4n) is 5.41. The van der Waals surface area contributed by atoms with Crippen molar-refractivity contribution >= 4 is 11.9 Å². The largest absolute Gasteiger partial charge is 0.463 e. The third-order valence-corrected chi connectivity index (χ3v) is 7.25. The predicted molar refractivity (Wildman–Crippen MR) is 128 cm³/mol. The lowest BCUT2D eigenvalue weighted by atomic mass is 9.68. The minimum absolute atomic E-state index is 0.169. The van der Waals surface area contributed by atoms with Crippen LogP contribution in [0.1, 0.15) is 96.8 Å². The number of carbonyl (C=O) groups is 2. The highest BCUT2D eigenvalue weighted by molar-refractivity contribution is 5.81. The highest BCUT2D eigenvalue weighted by atomic mass is 16.6. The molecule has 0 aliphatic heterocycles. The number of carbonyl (C=O) groups excluding carboxylic acids is 2. The molecule has 2 rings (SSSR count). The molecule has 0 saturated heterocycles. The smallest absolute Gasteiger partial charge is 0.330 e. The van der Waals surface area contributed by atoms with Crippen molar-refractivity contribution < 1.29 is 19.1 Å². The van der Waals surface area contributed by atoms with Crippen LogP contribution in [0, 0.1) is 29.7 Å². The van der Waals surface area contributed by atoms with Crippen molar-refractivity contribution in [2.45, 2.75) is 102 Å². The maximum Gasteiger partial charge on any atom is 0.330 e. The first-order valence-corrected chi connectivity index (χ1v) is 12.7. The first kappa shape index (κ1) is 26.3. The molecular weight excluding hydrogens is 402 g/mol. The van der Waals surface area contributed by atoms with Gasteiger partial charge in [0, 0.05) is 25.6 Å². The lowest BCUT2D eigenvalue weighted by Crippen LogP contribution is -2.40. The summed E-state index contributed by atoms with van der Waals surface area (Å²) < 4.78 is 10.9. The minimum Gasteiger partial charge on any atom is -0.463 e. The van der Waals surface area contributed by atoms with Gasteiger partial charge in [-0.1, -0.05) is 39.2 Å². The summed E-state index contributed by atoms with van der Waals surface area (Å²) in [5.74, 6) is 5.18. The van der Waals surface area contributed by atoms with Crippen molar-refractivity contribution in [1.29, 1.82) is 0 Å². The summed E-state index contributed by atoms with van der Waals surface area (Å²) >= 11 is 0. The molecule has 0 spiro atoms. The molecule has 0 bridgehead atoms. The third kappa shape index (κ3) is 8.88. The molecule has 2 fully saturated rings. The second-order valence-corrected chi connectivity index (χ2v) is 9.56. The molecule has 5 nitrogen and oxygen atoms in total. The summed E-state index contributed by atoms with van der Waals surface area (Å²) in [6.45, 7) is 6.02. The van der Waals surface area contributed by atoms with E-state index >= 15 is 0 Å². The first-order valence-electron chi connectivity index (χ1n) is 12.7. The van der Waals surface area contributed by atoms with Gasteiger partial charge in [0.1, 0.15) is 0 Å². The average Bonchev–Trinajstić information content (AvgIpc) is 2.81. The van der Waals surface area contributed by atoms with Gasteiger partial charge in [-0.15, -0.1) is 0 Å². The van der Waals surface area contributed by atoms with Gasteiger partial charge in [-0.2, -0.15) is 0 Å². The summed E-state index contributed by atoms with van der Waals surface area (Å²) in [5.41, 5.74) is -0.643. The second kappa shape index (κ2) is 14.2. The zero-order chi connectivity index (χ0) is 23.2. The van der Waals surface area contributed by atoms with Gasteiger partial charge >= 0.3 is 11.9 Å². The monoisotopic (exact) mass is 445 g/mol. The molecule has 2 saturated carbocycles. The molecule has 1 N–H and O–H groups in total. The topological polar surface area (TPSA) is 64.6 Å². The highest BCUT2D eigenvalue weighted by Crippen LogP contribution is 2.44. The van der Waals surface area contributed by atoms with Gasteiger partial charge in [0.25, 0.3) is 0 Å². The van der Waals surface area contributed by atoms with Crippen LogP contribution in [0.4, 0.5) is 0 Å². The Morgan fingerprint density at radius 2 is 1.75 bits per heavy atom. The molecule has 2 aliphatic rings. The second-order valence-electron chi connectivity index (χ2n) is 9.56. The van der Waals surface area contributed by atoms with Gasteiger partial charge in [0.15, 0.2) is 5.60 Å². The molecule has 0 aromatic carbocycles. The van der Waals surface area contributed by atoms with Crippen LogP contribution < -0.4 is 5.32 Å². The van der Waals surface area contributed by atoms with Crippen LogP contribution in [0.2, 0.25) is 0 Å². The minimum atomic E-state index is -0.643. The van der Waals surface area contributed by atoms with Gasteiger partial charge < -0.3 is 14.8 Å². The van der Waals surface area contributed by atoms with Gasteiger partial charge in [-0.05, 0) is 81.5 Å². The van der Waals surface area contributed by atoms with E-state index in [9.17, 15) is 9.59 Å². The van der Waals surface area contributed by atoms with E-state index in [4.69, 9.17) is 9.47 Å². The van der Waals surface area contributed by atoms with E-state index in [-0.39, 0.29) is 5.97 Å². The van der Waals surface area contributed by atoms with Gasteiger partial charge in [0.05, 0.1) is 6.61 Å². The molecule has 0 aromatic rings. The highest BCUT2D eigenvalue weighted by Gasteiger charge is 2.40. The number of hydrogen-bond acceptors (Lipinski definition) is 5. The lowest BCUT2D eigenvalue weighted by Gasteiger charge is -2.41. The van der Waals surface area contributed by atoms with Crippen molar-refractivity contribution in [2.75, 3.05) is 13.7 Å². The van der Waals surface area contributed by atoms with E-state index < -0.39 is 11.6 Å². The van der Waals surface area contributed by atoms with Crippen molar-refractivity contribution in [3.05, 3.63) is 12.7 Å². The number of ether oxygens (including phenoxy) is 2. The average molecular weight is 446 g/mol. The molecule has 0 amide bonds. The van der Waals surface area contributed by atoms with Crippen molar-refractivity contribution in [3.63, 3.8) is 0 Å². The Balaban J connectivity index is 1.76. The fraction of sp³-hybridized carbons (Fsp3) is 0.778. The van der Waals surface area contributed by atoms with Gasteiger partial charge in [0.2, 0.25) is 0 Å². The SMILES string of the molecule is C=CC(=O)OCCCCCC(=O)OC1(C#CNC)CCC(C2CCC(CCC)CC2)CC1. The molecule has 0 radical (unpaired) electrons. The summed E-state index contributed by atoms with van der Waals surface area (Å²) in [6.07, 6.45) is 15.9. The lowest BCUT2D eigenvalue weighted by molar-refractivity contribution is -0.158. The van der Waals surface area contributed by atoms with Crippen LogP contribution in [0.3, 0.4) is 0 Å². The maximum absolute atomic E-state index is 12.5. The van der Waals surface area contributed by atoms with Crippen LogP contribution in [-0.4, -0.2) is 31.2 Å². The predicted octanol–water partition coefficient (Wildman–Crippen LogP) is 5.54. The summed E-state index contributed by atoms with van der Waals surface area (Å²) in [4.78, 5) is 23.6. The van der Waals surface area contributed by atoms with Crippen molar-refractivity contribution in [3.8, 4) is 12.0 Å². The van der Waals surface area contributed by atoms with E-state index in [1.165, 1.54) is 38.5 Å². The Morgan fingerprint density at radius 1 is 1.06 bits per heavy atom. The van der Waals surface area contributed by atoms with Gasteiger partial charge in [-0.3, -0.25) is 4.79 Å². The standard InChI is InChI=1S/C27H43NO4/c1-4-9-22-11-13-23(14-12-22)24-15-17-27(18-16-24,19-20-28-3)32-26(30)10-7-6-8-21-31-25(29)5-2/h5,22-24,28H,2,4,6-18,21H2,1,3H3. The van der Waals surface area contributed by atoms with Crippen LogP contribution in [0.15, 0.2) is 12.7 Å². The number of rotatable bonds is 11. The molecular formula is C27H43NO4. The van der Waals surface area contributed by atoms with Gasteiger partial charge in [-0.25, -0.2) is 4.79 Å². The number of unbranched alkanes of at least 4 members (excludes halogenated alkanes) is 2. The quantitative estimate of drug-likeness (QED) is 0.149. The van der Waals surface area contributed by atoms with Crippen LogP contribution >= 0.6 is 0 Å². The zero-order valence-corrected chi connectivity index (χ0v) is 20.3. The molecule has 5 heteroatoms. The summed E-state index contributed by atoms with van der Waals surface area (Å²) in [7, 11) is 1.79. The van der Waals surface area contributed by atoms with Crippen LogP contribution in [-0.2, 0) is 19.1 Å². The molecule has 0 aromatic heterocycles. The Kier molecular flexibility index (Phi) is 11.7. The number of nitrogens with one attached hydrogen (secondary N) is 1. The molecule has 0 heterocycles. The fourth-order valence-corrected chi connectivity index (χ4v) is 5.41. The molecule has 180 valence electrons. The Bertz CT molecular complexity index is 646. The van der Waals surface area contributed by atoms with Crippen LogP contribution in [0.5, 0.6) is 0 Å². The van der Waals surface area contributed by atoms with Crippen LogP contribution in [0.25, 0.3) is 0 Å². The number of esters is 2. The van der Waals surface area contributed by atoms with E-state index in [2.05, 4.69) is 30.8 Å². The maximum atomic E-state index is 12.5. The Labute approximate surface area is 195 Å². The van der Waals surface area contributed by atoms with Crippen molar-refractivity contribution in [2.24, 2.45) is 17.8 Å². The molecule has 32 heavy (non-hydrogen) atoms. The van der Waals surface area contributed by atoms with E-state index in [0.717, 1.165) is 68.8 Å². The normalized spacial score (nSPS) is 27.5. The summed E-state index contributed by atoms with van der Waals surface area (Å²) in [5, 5.41) is 2.88. The zero-order valence-electron chi connectivity index (χ0n) is 20.3.